The highest BCUT2D eigenvalue weighted by Crippen LogP contribution is 2.25. The van der Waals surface area contributed by atoms with Gasteiger partial charge in [-0.3, -0.25) is 9.69 Å². The van der Waals surface area contributed by atoms with Crippen LogP contribution in [0.4, 0.5) is 0 Å². The monoisotopic (exact) mass is 404 g/mol. The fraction of sp³-hybridized carbons (Fsp3) is 0.304. The average Bonchev–Trinajstić information content (AvgIpc) is 3.20. The number of hydrogen-bond donors (Lipinski definition) is 2. The van der Waals surface area contributed by atoms with E-state index < -0.39 is 0 Å². The maximum atomic E-state index is 12.5. The minimum Gasteiger partial charge on any atom is -0.493 e. The summed E-state index contributed by atoms with van der Waals surface area (Å²) in [6, 6.07) is 15.4. The van der Waals surface area contributed by atoms with Crippen LogP contribution in [0.2, 0.25) is 0 Å². The predicted octanol–water partition coefficient (Wildman–Crippen LogP) is 3.17. The summed E-state index contributed by atoms with van der Waals surface area (Å²) < 4.78 is 11.3. The third kappa shape index (κ3) is 3.94. The summed E-state index contributed by atoms with van der Waals surface area (Å²) in [7, 11) is 0. The standard InChI is InChI=1S/C23H24N4O3/c28-23-22(25-18-4-1-2-5-19(18)26-23)21-14-16-6-7-17(15-20(16)24-21)30-11-3-8-27-9-12-29-13-10-27/h1-2,4-7,14-15,24H,3,8-13H2,(H,26,28). The van der Waals surface area contributed by atoms with Gasteiger partial charge in [-0.05, 0) is 36.8 Å². The molecule has 1 aliphatic heterocycles. The number of hydrogen-bond acceptors (Lipinski definition) is 5. The molecule has 2 N–H and O–H groups in total. The number of nitrogens with one attached hydrogen (secondary N) is 2. The van der Waals surface area contributed by atoms with Crippen LogP contribution in [0.1, 0.15) is 6.42 Å². The first-order valence-corrected chi connectivity index (χ1v) is 10.3. The van der Waals surface area contributed by atoms with Crippen LogP contribution < -0.4 is 10.3 Å². The Balaban J connectivity index is 1.30. The van der Waals surface area contributed by atoms with Crippen molar-refractivity contribution in [1.29, 1.82) is 0 Å². The summed E-state index contributed by atoms with van der Waals surface area (Å²) in [4.78, 5) is 25.7. The Morgan fingerprint density at radius 3 is 2.80 bits per heavy atom. The average molecular weight is 404 g/mol. The van der Waals surface area contributed by atoms with Crippen molar-refractivity contribution in [1.82, 2.24) is 19.9 Å². The molecule has 2 aromatic carbocycles. The molecule has 154 valence electrons. The van der Waals surface area contributed by atoms with Crippen molar-refractivity contribution in [2.45, 2.75) is 6.42 Å². The molecular weight excluding hydrogens is 380 g/mol. The zero-order chi connectivity index (χ0) is 20.3. The Morgan fingerprint density at radius 2 is 1.90 bits per heavy atom. The van der Waals surface area contributed by atoms with Crippen LogP contribution in [0.25, 0.3) is 33.3 Å². The molecule has 0 aliphatic carbocycles. The molecular formula is C23H24N4O3. The molecule has 0 bridgehead atoms. The molecule has 30 heavy (non-hydrogen) atoms. The van der Waals surface area contributed by atoms with Gasteiger partial charge in [-0.25, -0.2) is 4.98 Å². The van der Waals surface area contributed by atoms with Gasteiger partial charge in [0.1, 0.15) is 5.75 Å². The molecule has 0 unspecified atom stereocenters. The molecule has 5 rings (SSSR count). The molecule has 0 amide bonds. The second-order valence-corrected chi connectivity index (χ2v) is 7.52. The van der Waals surface area contributed by atoms with E-state index in [1.54, 1.807) is 0 Å². The molecule has 3 heterocycles. The van der Waals surface area contributed by atoms with Gasteiger partial charge in [-0.15, -0.1) is 0 Å². The molecule has 1 saturated heterocycles. The lowest BCUT2D eigenvalue weighted by Crippen LogP contribution is -2.37. The van der Waals surface area contributed by atoms with E-state index in [-0.39, 0.29) is 5.56 Å². The minimum absolute atomic E-state index is 0.208. The van der Waals surface area contributed by atoms with E-state index in [2.05, 4.69) is 19.9 Å². The number of aromatic amines is 2. The molecule has 1 aliphatic rings. The number of H-pyrrole nitrogens is 2. The number of aromatic nitrogens is 3. The molecule has 7 heteroatoms. The van der Waals surface area contributed by atoms with E-state index in [4.69, 9.17) is 9.47 Å². The lowest BCUT2D eigenvalue weighted by atomic mass is 10.2. The minimum atomic E-state index is -0.208. The first-order chi connectivity index (χ1) is 14.8. The van der Waals surface area contributed by atoms with Crippen LogP contribution in [0, 0.1) is 0 Å². The third-order valence-electron chi connectivity index (χ3n) is 5.44. The highest BCUT2D eigenvalue weighted by Gasteiger charge is 2.12. The first-order valence-electron chi connectivity index (χ1n) is 10.3. The molecule has 0 saturated carbocycles. The summed E-state index contributed by atoms with van der Waals surface area (Å²) >= 11 is 0. The molecule has 4 aromatic rings. The summed E-state index contributed by atoms with van der Waals surface area (Å²) in [5.41, 5.74) is 3.29. The van der Waals surface area contributed by atoms with Crippen LogP contribution in [-0.4, -0.2) is 59.3 Å². The van der Waals surface area contributed by atoms with E-state index in [0.29, 0.717) is 18.0 Å². The highest BCUT2D eigenvalue weighted by molar-refractivity contribution is 5.87. The summed E-state index contributed by atoms with van der Waals surface area (Å²) in [6.45, 7) is 5.33. The smallest absolute Gasteiger partial charge is 0.276 e. The van der Waals surface area contributed by atoms with Crippen molar-refractivity contribution in [3.05, 3.63) is 58.9 Å². The second kappa shape index (κ2) is 8.30. The quantitative estimate of drug-likeness (QED) is 0.482. The highest BCUT2D eigenvalue weighted by atomic mass is 16.5. The predicted molar refractivity (Wildman–Crippen MR) is 117 cm³/mol. The van der Waals surface area contributed by atoms with Gasteiger partial charge in [-0.1, -0.05) is 12.1 Å². The van der Waals surface area contributed by atoms with Crippen molar-refractivity contribution in [2.75, 3.05) is 39.5 Å². The van der Waals surface area contributed by atoms with Crippen molar-refractivity contribution < 1.29 is 9.47 Å². The van der Waals surface area contributed by atoms with Gasteiger partial charge in [0.2, 0.25) is 0 Å². The van der Waals surface area contributed by atoms with Gasteiger partial charge < -0.3 is 19.4 Å². The number of nitrogens with zero attached hydrogens (tertiary/aromatic N) is 2. The number of fused-ring (bicyclic) bond motifs is 2. The maximum Gasteiger partial charge on any atom is 0.276 e. The van der Waals surface area contributed by atoms with E-state index in [1.807, 2.05) is 48.5 Å². The fourth-order valence-corrected chi connectivity index (χ4v) is 3.84. The second-order valence-electron chi connectivity index (χ2n) is 7.52. The van der Waals surface area contributed by atoms with Crippen LogP contribution >= 0.6 is 0 Å². The largest absolute Gasteiger partial charge is 0.493 e. The molecule has 0 atom stereocenters. The maximum absolute atomic E-state index is 12.5. The van der Waals surface area contributed by atoms with Crippen molar-refractivity contribution in [3.63, 3.8) is 0 Å². The molecule has 0 radical (unpaired) electrons. The van der Waals surface area contributed by atoms with Crippen molar-refractivity contribution in [3.8, 4) is 17.1 Å². The van der Waals surface area contributed by atoms with Crippen LogP contribution in [0.3, 0.4) is 0 Å². The summed E-state index contributed by atoms with van der Waals surface area (Å²) in [5.74, 6) is 0.818. The number of ether oxygens (including phenoxy) is 2. The van der Waals surface area contributed by atoms with E-state index in [0.717, 1.165) is 67.0 Å². The Kier molecular flexibility index (Phi) is 5.21. The van der Waals surface area contributed by atoms with Crippen molar-refractivity contribution in [2.24, 2.45) is 0 Å². The van der Waals surface area contributed by atoms with Crippen LogP contribution in [0.15, 0.2) is 53.3 Å². The van der Waals surface area contributed by atoms with E-state index in [1.165, 1.54) is 0 Å². The SMILES string of the molecule is O=c1[nH]c2ccccc2nc1-c1cc2ccc(OCCCN3CCOCC3)cc2[nH]1. The Labute approximate surface area is 173 Å². The normalized spacial score (nSPS) is 15.1. The van der Waals surface area contributed by atoms with Gasteiger partial charge in [0.15, 0.2) is 5.69 Å². The fourth-order valence-electron chi connectivity index (χ4n) is 3.84. The Bertz CT molecular complexity index is 1220. The number of para-hydroxylation sites is 2. The number of rotatable bonds is 6. The zero-order valence-electron chi connectivity index (χ0n) is 16.7. The van der Waals surface area contributed by atoms with Crippen LogP contribution in [-0.2, 0) is 4.74 Å². The summed E-state index contributed by atoms with van der Waals surface area (Å²) in [5, 5.41) is 1.01. The van der Waals surface area contributed by atoms with Gasteiger partial charge in [0.05, 0.1) is 36.5 Å². The van der Waals surface area contributed by atoms with Gasteiger partial charge in [-0.2, -0.15) is 0 Å². The number of morpholine rings is 1. The van der Waals surface area contributed by atoms with E-state index >= 15 is 0 Å². The van der Waals surface area contributed by atoms with Gasteiger partial charge >= 0.3 is 0 Å². The van der Waals surface area contributed by atoms with Crippen molar-refractivity contribution >= 4 is 21.9 Å². The number of benzene rings is 2. The summed E-state index contributed by atoms with van der Waals surface area (Å²) in [6.07, 6.45) is 0.977. The molecule has 0 spiro atoms. The van der Waals surface area contributed by atoms with Gasteiger partial charge in [0, 0.05) is 36.6 Å². The zero-order valence-corrected chi connectivity index (χ0v) is 16.7. The van der Waals surface area contributed by atoms with Gasteiger partial charge in [0.25, 0.3) is 5.56 Å². The first kappa shape index (κ1) is 18.8. The van der Waals surface area contributed by atoms with Crippen LogP contribution in [0.5, 0.6) is 5.75 Å². The topological polar surface area (TPSA) is 83.2 Å². The molecule has 2 aromatic heterocycles. The van der Waals surface area contributed by atoms with E-state index in [9.17, 15) is 4.79 Å². The molecule has 1 fully saturated rings. The Hall–Kier alpha value is -3.16. The Morgan fingerprint density at radius 1 is 1.03 bits per heavy atom. The molecule has 7 nitrogen and oxygen atoms in total. The lowest BCUT2D eigenvalue weighted by molar-refractivity contribution is 0.0358. The lowest BCUT2D eigenvalue weighted by Gasteiger charge is -2.26. The third-order valence-corrected chi connectivity index (χ3v) is 5.44.